The molecule has 1 atom stereocenters. The van der Waals surface area contributed by atoms with Crippen molar-refractivity contribution in [2.24, 2.45) is 0 Å². The Morgan fingerprint density at radius 2 is 0.500 bits per heavy atom. The summed E-state index contributed by atoms with van der Waals surface area (Å²) in [7, 11) is 0. The maximum Gasteiger partial charge on any atom is 0.306 e. The number of allylic oxidation sites excluding steroid dienone is 16. The lowest BCUT2D eigenvalue weighted by Crippen LogP contribution is -2.30. The predicted octanol–water partition coefficient (Wildman–Crippen LogP) is 23.6. The van der Waals surface area contributed by atoms with E-state index in [1.54, 1.807) is 0 Å². The Hall–Kier alpha value is -3.67. The van der Waals surface area contributed by atoms with Crippen LogP contribution in [-0.2, 0) is 28.6 Å². The van der Waals surface area contributed by atoms with Crippen molar-refractivity contribution < 1.29 is 28.6 Å². The van der Waals surface area contributed by atoms with Crippen LogP contribution in [0.25, 0.3) is 0 Å². The zero-order valence-electron chi connectivity index (χ0n) is 52.8. The third kappa shape index (κ3) is 65.1. The number of hydrogen-bond donors (Lipinski definition) is 0. The molecule has 0 spiro atoms. The maximum atomic E-state index is 12.9. The molecule has 0 aromatic carbocycles. The van der Waals surface area contributed by atoms with E-state index in [1.807, 2.05) is 0 Å². The van der Waals surface area contributed by atoms with Crippen molar-refractivity contribution in [3.8, 4) is 0 Å². The summed E-state index contributed by atoms with van der Waals surface area (Å²) in [6, 6.07) is 0. The van der Waals surface area contributed by atoms with Gasteiger partial charge in [0.25, 0.3) is 0 Å². The van der Waals surface area contributed by atoms with E-state index in [1.165, 1.54) is 199 Å². The van der Waals surface area contributed by atoms with E-state index in [9.17, 15) is 14.4 Å². The molecule has 0 saturated carbocycles. The van der Waals surface area contributed by atoms with Crippen LogP contribution in [0.5, 0.6) is 0 Å². The highest BCUT2D eigenvalue weighted by Crippen LogP contribution is 2.17. The number of unbranched alkanes of at least 4 members (excludes halogenated alkanes) is 35. The molecule has 0 fully saturated rings. The zero-order valence-corrected chi connectivity index (χ0v) is 52.8. The fraction of sp³-hybridized carbons (Fsp3) is 0.743. The lowest BCUT2D eigenvalue weighted by Gasteiger charge is -2.18. The molecule has 0 saturated heterocycles. The van der Waals surface area contributed by atoms with Crippen LogP contribution in [0.3, 0.4) is 0 Å². The second-order valence-corrected chi connectivity index (χ2v) is 22.7. The largest absolute Gasteiger partial charge is 0.462 e. The molecule has 0 N–H and O–H groups in total. The Morgan fingerprint density at radius 1 is 0.263 bits per heavy atom. The Labute approximate surface area is 496 Å². The van der Waals surface area contributed by atoms with Crippen LogP contribution in [0.1, 0.15) is 335 Å². The van der Waals surface area contributed by atoms with Gasteiger partial charge in [-0.2, -0.15) is 0 Å². The molecule has 1 unspecified atom stereocenters. The molecular weight excluding hydrogens is 985 g/mol. The first-order valence-corrected chi connectivity index (χ1v) is 34.2. The third-order valence-electron chi connectivity index (χ3n) is 14.8. The second kappa shape index (κ2) is 67.8. The normalized spacial score (nSPS) is 12.7. The average molecular weight is 1110 g/mol. The van der Waals surface area contributed by atoms with Gasteiger partial charge in [-0.3, -0.25) is 14.4 Å². The highest BCUT2D eigenvalue weighted by Gasteiger charge is 2.19. The van der Waals surface area contributed by atoms with Crippen molar-refractivity contribution >= 4 is 17.9 Å². The Kier molecular flexibility index (Phi) is 64.7. The molecule has 0 aromatic rings. The molecule has 0 rings (SSSR count). The number of rotatable bonds is 62. The highest BCUT2D eigenvalue weighted by atomic mass is 16.6. The van der Waals surface area contributed by atoms with E-state index >= 15 is 0 Å². The van der Waals surface area contributed by atoms with Crippen LogP contribution in [0, 0.1) is 0 Å². The number of carbonyl (C=O) groups excluding carboxylic acids is 3. The monoisotopic (exact) mass is 1110 g/mol. The molecule has 6 nitrogen and oxygen atoms in total. The summed E-state index contributed by atoms with van der Waals surface area (Å²) < 4.78 is 16.9. The van der Waals surface area contributed by atoms with E-state index in [2.05, 4.69) is 118 Å². The quantitative estimate of drug-likeness (QED) is 0.0261. The van der Waals surface area contributed by atoms with Gasteiger partial charge in [-0.15, -0.1) is 0 Å². The predicted molar refractivity (Wildman–Crippen MR) is 348 cm³/mol. The van der Waals surface area contributed by atoms with E-state index in [0.717, 1.165) is 89.9 Å². The minimum Gasteiger partial charge on any atom is -0.462 e. The summed E-state index contributed by atoms with van der Waals surface area (Å²) in [5.41, 5.74) is 0. The standard InChI is InChI=1S/C74H128O6/c1-4-7-10-13-16-19-22-25-27-29-31-33-35-36-37-38-40-41-43-45-47-49-52-55-58-61-64-67-73(76)79-70-71(69-78-72(75)66-63-60-57-54-51-24-21-18-15-12-9-6-3)80-74(77)68-65-62-59-56-53-50-48-46-44-42-39-34-32-30-28-26-23-20-17-14-11-8-5-2/h8,11,17,20,26,28-29,31-32,34,42,44,48,50,56,59,71H,4-7,9-10,12-16,18-19,21-25,27,30,33,35-41,43,45-47,49,51-55,57-58,60-70H2,1-3H3/b11-8-,20-17-,28-26-,31-29-,34-32-,44-42-,50-48-,59-56-. The van der Waals surface area contributed by atoms with Gasteiger partial charge in [0.05, 0.1) is 0 Å². The summed E-state index contributed by atoms with van der Waals surface area (Å²) in [5.74, 6) is -0.944. The van der Waals surface area contributed by atoms with Gasteiger partial charge in [0.2, 0.25) is 0 Å². The molecule has 460 valence electrons. The van der Waals surface area contributed by atoms with E-state index < -0.39 is 6.10 Å². The molecule has 0 aliphatic heterocycles. The first kappa shape index (κ1) is 76.3. The fourth-order valence-corrected chi connectivity index (χ4v) is 9.72. The van der Waals surface area contributed by atoms with Gasteiger partial charge in [-0.1, -0.05) is 317 Å². The summed E-state index contributed by atoms with van der Waals surface area (Å²) >= 11 is 0. The van der Waals surface area contributed by atoms with Crippen molar-refractivity contribution in [1.82, 2.24) is 0 Å². The molecule has 0 heterocycles. The maximum absolute atomic E-state index is 12.9. The number of hydrogen-bond acceptors (Lipinski definition) is 6. The van der Waals surface area contributed by atoms with Gasteiger partial charge >= 0.3 is 17.9 Å². The summed E-state index contributed by atoms with van der Waals surface area (Å²) in [5, 5.41) is 0. The summed E-state index contributed by atoms with van der Waals surface area (Å²) in [6.45, 7) is 6.51. The number of esters is 3. The molecule has 0 bridgehead atoms. The summed E-state index contributed by atoms with van der Waals surface area (Å²) in [4.78, 5) is 38.3. The van der Waals surface area contributed by atoms with Gasteiger partial charge in [0.15, 0.2) is 6.10 Å². The zero-order chi connectivity index (χ0) is 57.8. The smallest absolute Gasteiger partial charge is 0.306 e. The van der Waals surface area contributed by atoms with E-state index in [0.29, 0.717) is 19.3 Å². The van der Waals surface area contributed by atoms with Crippen LogP contribution in [0.15, 0.2) is 97.2 Å². The highest BCUT2D eigenvalue weighted by molar-refractivity contribution is 5.71. The molecular formula is C74H128O6. The van der Waals surface area contributed by atoms with Gasteiger partial charge in [0, 0.05) is 19.3 Å². The van der Waals surface area contributed by atoms with Crippen LogP contribution in [0.2, 0.25) is 0 Å². The molecule has 0 aliphatic rings. The minimum atomic E-state index is -0.808. The third-order valence-corrected chi connectivity index (χ3v) is 14.8. The molecule has 0 aliphatic carbocycles. The summed E-state index contributed by atoms with van der Waals surface area (Å²) in [6.07, 6.45) is 91.5. The van der Waals surface area contributed by atoms with Gasteiger partial charge in [-0.05, 0) is 96.3 Å². The van der Waals surface area contributed by atoms with Crippen molar-refractivity contribution in [3.63, 3.8) is 0 Å². The SMILES string of the molecule is CC/C=C\C/C=C\C/C=C\C/C=C\C/C=C\C/C=C\C/C=C\CCCC(=O)OC(COC(=O)CCCCCCCCCCCCCC)COC(=O)CCCCCCCCCCCCCCCCC/C=C\CCCCCCCCCC. The lowest BCUT2D eigenvalue weighted by atomic mass is 10.0. The first-order chi connectivity index (χ1) is 39.5. The first-order valence-electron chi connectivity index (χ1n) is 34.2. The van der Waals surface area contributed by atoms with Crippen LogP contribution in [0.4, 0.5) is 0 Å². The van der Waals surface area contributed by atoms with Gasteiger partial charge in [-0.25, -0.2) is 0 Å². The Bertz CT molecular complexity index is 1560. The van der Waals surface area contributed by atoms with Crippen molar-refractivity contribution in [2.75, 3.05) is 13.2 Å². The molecule has 0 amide bonds. The average Bonchev–Trinajstić information content (AvgIpc) is 3.46. The topological polar surface area (TPSA) is 78.9 Å². The molecule has 6 heteroatoms. The van der Waals surface area contributed by atoms with Gasteiger partial charge in [0.1, 0.15) is 13.2 Å². The molecule has 0 radical (unpaired) electrons. The number of carbonyl (C=O) groups is 3. The van der Waals surface area contributed by atoms with Crippen LogP contribution < -0.4 is 0 Å². The Morgan fingerprint density at radius 3 is 0.812 bits per heavy atom. The van der Waals surface area contributed by atoms with Crippen molar-refractivity contribution in [1.29, 1.82) is 0 Å². The Balaban J connectivity index is 4.33. The van der Waals surface area contributed by atoms with E-state index in [-0.39, 0.29) is 37.5 Å². The van der Waals surface area contributed by atoms with Crippen molar-refractivity contribution in [2.45, 2.75) is 341 Å². The minimum absolute atomic E-state index is 0.0975. The van der Waals surface area contributed by atoms with Crippen LogP contribution in [-0.4, -0.2) is 37.2 Å². The van der Waals surface area contributed by atoms with E-state index in [4.69, 9.17) is 14.2 Å². The molecule has 0 aromatic heterocycles. The van der Waals surface area contributed by atoms with Gasteiger partial charge < -0.3 is 14.2 Å². The second-order valence-electron chi connectivity index (χ2n) is 22.7. The fourth-order valence-electron chi connectivity index (χ4n) is 9.72. The number of ether oxygens (including phenoxy) is 3. The van der Waals surface area contributed by atoms with Crippen molar-refractivity contribution in [3.05, 3.63) is 97.2 Å². The lowest BCUT2D eigenvalue weighted by molar-refractivity contribution is -0.167. The van der Waals surface area contributed by atoms with Crippen LogP contribution >= 0.6 is 0 Å². The molecule has 80 heavy (non-hydrogen) atoms.